The van der Waals surface area contributed by atoms with E-state index >= 15 is 0 Å². The first-order chi connectivity index (χ1) is 13.4. The van der Waals surface area contributed by atoms with Crippen LogP contribution in [-0.2, 0) is 0 Å². The highest BCUT2D eigenvalue weighted by molar-refractivity contribution is 5.90. The van der Waals surface area contributed by atoms with Crippen LogP contribution in [-0.4, -0.2) is 19.5 Å². The van der Waals surface area contributed by atoms with Gasteiger partial charge in [-0.25, -0.2) is 15.0 Å². The summed E-state index contributed by atoms with van der Waals surface area (Å²) in [6.45, 7) is 0. The van der Waals surface area contributed by atoms with Crippen molar-refractivity contribution in [3.8, 4) is 28.3 Å². The van der Waals surface area contributed by atoms with Crippen molar-refractivity contribution < 1.29 is 0 Å². The Labute approximate surface area is 156 Å². The summed E-state index contributed by atoms with van der Waals surface area (Å²) in [4.78, 5) is 14.2. The second kappa shape index (κ2) is 6.50. The Morgan fingerprint density at radius 3 is 1.85 bits per heavy atom. The molecule has 0 aliphatic heterocycles. The first-order valence-corrected chi connectivity index (χ1v) is 8.81. The number of hydrogen-bond acceptors (Lipinski definition) is 3. The quantitative estimate of drug-likeness (QED) is 0.453. The SMILES string of the molecule is c1ccc(-c2nc(-c3ccccc3)c3c(ncn3-c3ccccc3)n2)cc1. The molecule has 0 N–H and O–H groups in total. The molecular weight excluding hydrogens is 332 g/mol. The molecule has 0 amide bonds. The summed E-state index contributed by atoms with van der Waals surface area (Å²) >= 11 is 0. The van der Waals surface area contributed by atoms with Crippen LogP contribution in [0.2, 0.25) is 0 Å². The summed E-state index contributed by atoms with van der Waals surface area (Å²) in [7, 11) is 0. The summed E-state index contributed by atoms with van der Waals surface area (Å²) in [5, 5.41) is 0. The molecule has 4 heteroatoms. The van der Waals surface area contributed by atoms with Crippen LogP contribution in [0.5, 0.6) is 0 Å². The van der Waals surface area contributed by atoms with E-state index in [-0.39, 0.29) is 0 Å². The fraction of sp³-hybridized carbons (Fsp3) is 0. The average molecular weight is 348 g/mol. The highest BCUT2D eigenvalue weighted by atomic mass is 15.1. The van der Waals surface area contributed by atoms with Gasteiger partial charge in [0.1, 0.15) is 17.5 Å². The van der Waals surface area contributed by atoms with E-state index in [2.05, 4.69) is 29.2 Å². The number of fused-ring (bicyclic) bond motifs is 1. The van der Waals surface area contributed by atoms with E-state index in [0.717, 1.165) is 28.0 Å². The lowest BCUT2D eigenvalue weighted by molar-refractivity contribution is 1.09. The lowest BCUT2D eigenvalue weighted by Gasteiger charge is -2.10. The van der Waals surface area contributed by atoms with Gasteiger partial charge < -0.3 is 0 Å². The van der Waals surface area contributed by atoms with Crippen molar-refractivity contribution in [2.24, 2.45) is 0 Å². The molecule has 0 bridgehead atoms. The number of rotatable bonds is 3. The Hall–Kier alpha value is -3.79. The van der Waals surface area contributed by atoms with Crippen LogP contribution < -0.4 is 0 Å². The van der Waals surface area contributed by atoms with Gasteiger partial charge in [-0.3, -0.25) is 4.57 Å². The van der Waals surface area contributed by atoms with E-state index in [1.807, 2.05) is 77.6 Å². The van der Waals surface area contributed by atoms with E-state index in [1.165, 1.54) is 0 Å². The van der Waals surface area contributed by atoms with Crippen LogP contribution in [0.4, 0.5) is 0 Å². The Morgan fingerprint density at radius 1 is 0.593 bits per heavy atom. The fourth-order valence-corrected chi connectivity index (χ4v) is 3.22. The molecule has 0 saturated carbocycles. The maximum Gasteiger partial charge on any atom is 0.182 e. The zero-order valence-corrected chi connectivity index (χ0v) is 14.5. The van der Waals surface area contributed by atoms with E-state index in [1.54, 1.807) is 0 Å². The van der Waals surface area contributed by atoms with Crippen LogP contribution in [0.25, 0.3) is 39.5 Å². The van der Waals surface area contributed by atoms with Crippen LogP contribution in [0.1, 0.15) is 0 Å². The van der Waals surface area contributed by atoms with E-state index in [9.17, 15) is 0 Å². The molecule has 0 spiro atoms. The molecule has 128 valence electrons. The second-order valence-electron chi connectivity index (χ2n) is 6.25. The fourth-order valence-electron chi connectivity index (χ4n) is 3.22. The monoisotopic (exact) mass is 348 g/mol. The standard InChI is InChI=1S/C23H16N4/c1-4-10-17(11-5-1)20-21-23(24-16-27(21)19-14-8-3-9-15-19)26-22(25-20)18-12-6-2-7-13-18/h1-16H. The minimum Gasteiger partial charge on any atom is -0.295 e. The van der Waals surface area contributed by atoms with E-state index in [0.29, 0.717) is 11.5 Å². The molecule has 0 aliphatic rings. The number of para-hydroxylation sites is 1. The molecule has 0 radical (unpaired) electrons. The van der Waals surface area contributed by atoms with Crippen LogP contribution in [0, 0.1) is 0 Å². The molecule has 0 atom stereocenters. The maximum atomic E-state index is 4.93. The highest BCUT2D eigenvalue weighted by Gasteiger charge is 2.16. The third kappa shape index (κ3) is 2.77. The Kier molecular flexibility index (Phi) is 3.72. The number of hydrogen-bond donors (Lipinski definition) is 0. The molecule has 0 fully saturated rings. The van der Waals surface area contributed by atoms with Gasteiger partial charge in [0.2, 0.25) is 0 Å². The van der Waals surface area contributed by atoms with Gasteiger partial charge in [-0.1, -0.05) is 78.9 Å². The Bertz CT molecular complexity index is 1200. The molecule has 0 unspecified atom stereocenters. The largest absolute Gasteiger partial charge is 0.295 e. The summed E-state index contributed by atoms with van der Waals surface area (Å²) < 4.78 is 2.05. The van der Waals surface area contributed by atoms with Crippen molar-refractivity contribution in [3.63, 3.8) is 0 Å². The minimum atomic E-state index is 0.681. The van der Waals surface area contributed by atoms with Gasteiger partial charge >= 0.3 is 0 Å². The lowest BCUT2D eigenvalue weighted by atomic mass is 10.1. The molecule has 5 rings (SSSR count). The maximum absolute atomic E-state index is 4.93. The zero-order valence-electron chi connectivity index (χ0n) is 14.5. The zero-order chi connectivity index (χ0) is 18.1. The summed E-state index contributed by atoms with van der Waals surface area (Å²) in [5.41, 5.74) is 5.53. The molecule has 4 nitrogen and oxygen atoms in total. The molecule has 3 aromatic carbocycles. The van der Waals surface area contributed by atoms with Gasteiger partial charge in [0.15, 0.2) is 11.5 Å². The van der Waals surface area contributed by atoms with Crippen molar-refractivity contribution in [1.29, 1.82) is 0 Å². The van der Waals surface area contributed by atoms with Crippen LogP contribution in [0.3, 0.4) is 0 Å². The van der Waals surface area contributed by atoms with Crippen molar-refractivity contribution in [1.82, 2.24) is 19.5 Å². The summed E-state index contributed by atoms with van der Waals surface area (Å²) in [6, 6.07) is 30.4. The molecule has 0 aliphatic carbocycles. The van der Waals surface area contributed by atoms with Crippen molar-refractivity contribution in [2.45, 2.75) is 0 Å². The third-order valence-corrected chi connectivity index (χ3v) is 4.52. The lowest BCUT2D eigenvalue weighted by Crippen LogP contribution is -1.99. The summed E-state index contributed by atoms with van der Waals surface area (Å²) in [6.07, 6.45) is 1.82. The normalized spacial score (nSPS) is 11.0. The second-order valence-corrected chi connectivity index (χ2v) is 6.25. The molecule has 0 saturated heterocycles. The average Bonchev–Trinajstić information content (AvgIpc) is 3.19. The molecule has 5 aromatic rings. The first kappa shape index (κ1) is 15.5. The van der Waals surface area contributed by atoms with Crippen molar-refractivity contribution >= 4 is 11.2 Å². The minimum absolute atomic E-state index is 0.681. The highest BCUT2D eigenvalue weighted by Crippen LogP contribution is 2.30. The predicted molar refractivity (Wildman–Crippen MR) is 108 cm³/mol. The third-order valence-electron chi connectivity index (χ3n) is 4.52. The van der Waals surface area contributed by atoms with Gasteiger partial charge in [-0.05, 0) is 12.1 Å². The topological polar surface area (TPSA) is 43.6 Å². The van der Waals surface area contributed by atoms with Crippen LogP contribution in [0.15, 0.2) is 97.3 Å². The van der Waals surface area contributed by atoms with Gasteiger partial charge in [0.25, 0.3) is 0 Å². The smallest absolute Gasteiger partial charge is 0.182 e. The van der Waals surface area contributed by atoms with E-state index < -0.39 is 0 Å². The molecule has 2 aromatic heterocycles. The number of aromatic nitrogens is 4. The number of nitrogens with zero attached hydrogens (tertiary/aromatic N) is 4. The molecule has 2 heterocycles. The number of benzene rings is 3. The Morgan fingerprint density at radius 2 is 1.19 bits per heavy atom. The molecular formula is C23H16N4. The Balaban J connectivity index is 1.82. The van der Waals surface area contributed by atoms with Gasteiger partial charge in [0.05, 0.1) is 0 Å². The predicted octanol–water partition coefficient (Wildman–Crippen LogP) is 5.15. The van der Waals surface area contributed by atoms with Crippen molar-refractivity contribution in [3.05, 3.63) is 97.3 Å². The first-order valence-electron chi connectivity index (χ1n) is 8.81. The van der Waals surface area contributed by atoms with E-state index in [4.69, 9.17) is 9.97 Å². The molecule has 27 heavy (non-hydrogen) atoms. The number of imidazole rings is 1. The van der Waals surface area contributed by atoms with Crippen molar-refractivity contribution in [2.75, 3.05) is 0 Å². The van der Waals surface area contributed by atoms with Gasteiger partial charge in [-0.15, -0.1) is 0 Å². The van der Waals surface area contributed by atoms with Gasteiger partial charge in [-0.2, -0.15) is 0 Å². The van der Waals surface area contributed by atoms with Gasteiger partial charge in [0, 0.05) is 16.8 Å². The summed E-state index contributed by atoms with van der Waals surface area (Å²) in [5.74, 6) is 0.681. The van der Waals surface area contributed by atoms with Crippen LogP contribution >= 0.6 is 0 Å².